The van der Waals surface area contributed by atoms with Crippen LogP contribution in [0.5, 0.6) is 0 Å². The zero-order valence-electron chi connectivity index (χ0n) is 7.62. The molecule has 1 atom stereocenters. The van der Waals surface area contributed by atoms with Crippen LogP contribution in [0.1, 0.15) is 26.2 Å². The van der Waals surface area contributed by atoms with Gasteiger partial charge in [-0.2, -0.15) is 0 Å². The maximum atomic E-state index is 10.5. The van der Waals surface area contributed by atoms with E-state index in [0.29, 0.717) is 6.42 Å². The van der Waals surface area contributed by atoms with Gasteiger partial charge in [-0.15, -0.1) is 11.8 Å². The van der Waals surface area contributed by atoms with Crippen LogP contribution in [0, 0.1) is 0 Å². The summed E-state index contributed by atoms with van der Waals surface area (Å²) in [6.07, 6.45) is 8.63. The standard InChI is InChI=1S/C9H16O2S/c1-3-4-5-6-7-8(12-2)9(10)11/h5-6,8H,3-4,7H2,1-2H3,(H,10,11). The minimum atomic E-state index is -0.719. The Bertz CT molecular complexity index is 155. The van der Waals surface area contributed by atoms with Crippen molar-refractivity contribution in [1.29, 1.82) is 0 Å². The highest BCUT2D eigenvalue weighted by molar-refractivity contribution is 7.99. The predicted octanol–water partition coefficient (Wildman–Crippen LogP) is 2.55. The van der Waals surface area contributed by atoms with Crippen LogP contribution in [0.15, 0.2) is 12.2 Å². The van der Waals surface area contributed by atoms with Gasteiger partial charge in [0.05, 0.1) is 0 Å². The zero-order valence-corrected chi connectivity index (χ0v) is 8.43. The van der Waals surface area contributed by atoms with Crippen molar-refractivity contribution in [1.82, 2.24) is 0 Å². The van der Waals surface area contributed by atoms with Crippen molar-refractivity contribution < 1.29 is 9.90 Å². The Morgan fingerprint density at radius 1 is 1.58 bits per heavy atom. The largest absolute Gasteiger partial charge is 0.480 e. The average molecular weight is 188 g/mol. The third kappa shape index (κ3) is 5.24. The molecule has 0 aromatic rings. The number of hydrogen-bond donors (Lipinski definition) is 1. The van der Waals surface area contributed by atoms with Crippen molar-refractivity contribution in [2.24, 2.45) is 0 Å². The number of rotatable bonds is 6. The van der Waals surface area contributed by atoms with E-state index in [9.17, 15) is 4.79 Å². The van der Waals surface area contributed by atoms with E-state index >= 15 is 0 Å². The van der Waals surface area contributed by atoms with Crippen molar-refractivity contribution in [3.05, 3.63) is 12.2 Å². The molecule has 3 heteroatoms. The maximum Gasteiger partial charge on any atom is 0.316 e. The molecule has 0 aliphatic heterocycles. The molecule has 0 radical (unpaired) electrons. The lowest BCUT2D eigenvalue weighted by Crippen LogP contribution is -2.14. The lowest BCUT2D eigenvalue weighted by molar-refractivity contribution is -0.136. The first-order chi connectivity index (χ1) is 5.72. The number of thioether (sulfide) groups is 1. The SMILES string of the molecule is CCCC=CCC(SC)C(=O)O. The van der Waals surface area contributed by atoms with E-state index in [-0.39, 0.29) is 5.25 Å². The van der Waals surface area contributed by atoms with Crippen molar-refractivity contribution in [3.8, 4) is 0 Å². The van der Waals surface area contributed by atoms with Crippen LogP contribution in [0.4, 0.5) is 0 Å². The van der Waals surface area contributed by atoms with Gasteiger partial charge in [-0.05, 0) is 19.1 Å². The molecule has 1 unspecified atom stereocenters. The molecule has 0 aromatic heterocycles. The molecule has 0 saturated carbocycles. The normalized spacial score (nSPS) is 13.5. The summed E-state index contributed by atoms with van der Waals surface area (Å²) in [6, 6.07) is 0. The highest BCUT2D eigenvalue weighted by Crippen LogP contribution is 2.11. The second kappa shape index (κ2) is 7.22. The van der Waals surface area contributed by atoms with Crippen LogP contribution in [0.3, 0.4) is 0 Å². The predicted molar refractivity (Wildman–Crippen MR) is 53.6 cm³/mol. The van der Waals surface area contributed by atoms with Crippen molar-refractivity contribution >= 4 is 17.7 Å². The van der Waals surface area contributed by atoms with Gasteiger partial charge in [0, 0.05) is 0 Å². The highest BCUT2D eigenvalue weighted by atomic mass is 32.2. The quantitative estimate of drug-likeness (QED) is 0.651. The fourth-order valence-corrected chi connectivity index (χ4v) is 1.31. The van der Waals surface area contributed by atoms with Crippen LogP contribution >= 0.6 is 11.8 Å². The molecule has 0 saturated heterocycles. The van der Waals surface area contributed by atoms with Gasteiger partial charge >= 0.3 is 5.97 Å². The monoisotopic (exact) mass is 188 g/mol. The van der Waals surface area contributed by atoms with E-state index < -0.39 is 5.97 Å². The summed E-state index contributed by atoms with van der Waals surface area (Å²) in [7, 11) is 0. The molecule has 0 heterocycles. The zero-order chi connectivity index (χ0) is 9.40. The topological polar surface area (TPSA) is 37.3 Å². The molecule has 0 aromatic carbocycles. The molecule has 0 spiro atoms. The minimum Gasteiger partial charge on any atom is -0.480 e. The molecule has 0 rings (SSSR count). The van der Waals surface area contributed by atoms with E-state index in [1.807, 2.05) is 18.4 Å². The van der Waals surface area contributed by atoms with E-state index in [2.05, 4.69) is 6.92 Å². The Hall–Kier alpha value is -0.440. The second-order valence-corrected chi connectivity index (χ2v) is 3.60. The molecule has 0 fully saturated rings. The smallest absolute Gasteiger partial charge is 0.316 e. The lowest BCUT2D eigenvalue weighted by Gasteiger charge is -2.04. The minimum absolute atomic E-state index is 0.280. The summed E-state index contributed by atoms with van der Waals surface area (Å²) in [4.78, 5) is 10.5. The van der Waals surface area contributed by atoms with Crippen LogP contribution in [0.25, 0.3) is 0 Å². The van der Waals surface area contributed by atoms with Gasteiger partial charge in [0.1, 0.15) is 5.25 Å². The van der Waals surface area contributed by atoms with Gasteiger partial charge in [-0.25, -0.2) is 0 Å². The Morgan fingerprint density at radius 3 is 2.67 bits per heavy atom. The Labute approximate surface area is 78.0 Å². The molecule has 70 valence electrons. The number of carboxylic acids is 1. The van der Waals surface area contributed by atoms with Crippen molar-refractivity contribution in [2.75, 3.05) is 6.26 Å². The molecule has 2 nitrogen and oxygen atoms in total. The van der Waals surface area contributed by atoms with E-state index in [4.69, 9.17) is 5.11 Å². The fraction of sp³-hybridized carbons (Fsp3) is 0.667. The van der Waals surface area contributed by atoms with Gasteiger partial charge in [0.15, 0.2) is 0 Å². The Kier molecular flexibility index (Phi) is 6.96. The second-order valence-electron chi connectivity index (χ2n) is 2.56. The van der Waals surface area contributed by atoms with Gasteiger partial charge < -0.3 is 5.11 Å². The third-order valence-corrected chi connectivity index (χ3v) is 2.50. The summed E-state index contributed by atoms with van der Waals surface area (Å²) in [6.45, 7) is 2.10. The Morgan fingerprint density at radius 2 is 2.25 bits per heavy atom. The molecule has 1 N–H and O–H groups in total. The lowest BCUT2D eigenvalue weighted by atomic mass is 10.2. The molecular formula is C9H16O2S. The van der Waals surface area contributed by atoms with E-state index in [1.54, 1.807) is 0 Å². The average Bonchev–Trinajstić information content (AvgIpc) is 2.04. The number of allylic oxidation sites excluding steroid dienone is 2. The molecule has 12 heavy (non-hydrogen) atoms. The van der Waals surface area contributed by atoms with E-state index in [1.165, 1.54) is 11.8 Å². The summed E-state index contributed by atoms with van der Waals surface area (Å²) < 4.78 is 0. The number of carboxylic acid groups (broad SMARTS) is 1. The number of aliphatic carboxylic acids is 1. The summed E-state index contributed by atoms with van der Waals surface area (Å²) in [5.41, 5.74) is 0. The first kappa shape index (κ1) is 11.6. The first-order valence-electron chi connectivity index (χ1n) is 4.13. The van der Waals surface area contributed by atoms with Gasteiger partial charge in [0.25, 0.3) is 0 Å². The summed E-state index contributed by atoms with van der Waals surface area (Å²) >= 11 is 1.39. The van der Waals surface area contributed by atoms with Crippen LogP contribution in [-0.4, -0.2) is 22.6 Å². The molecule has 0 aliphatic carbocycles. The van der Waals surface area contributed by atoms with Crippen molar-refractivity contribution in [3.63, 3.8) is 0 Å². The number of unbranched alkanes of at least 4 members (excludes halogenated alkanes) is 1. The van der Waals surface area contributed by atoms with E-state index in [0.717, 1.165) is 12.8 Å². The molecule has 0 amide bonds. The van der Waals surface area contributed by atoms with Gasteiger partial charge in [0.2, 0.25) is 0 Å². The summed E-state index contributed by atoms with van der Waals surface area (Å²) in [5, 5.41) is 8.40. The highest BCUT2D eigenvalue weighted by Gasteiger charge is 2.12. The van der Waals surface area contributed by atoms with Crippen LogP contribution in [-0.2, 0) is 4.79 Å². The first-order valence-corrected chi connectivity index (χ1v) is 5.41. The van der Waals surface area contributed by atoms with Crippen molar-refractivity contribution in [2.45, 2.75) is 31.4 Å². The summed E-state index contributed by atoms with van der Waals surface area (Å²) in [5.74, 6) is -0.719. The van der Waals surface area contributed by atoms with Crippen LogP contribution < -0.4 is 0 Å². The number of hydrogen-bond acceptors (Lipinski definition) is 2. The van der Waals surface area contributed by atoms with Crippen LogP contribution in [0.2, 0.25) is 0 Å². The molecule has 0 aliphatic rings. The van der Waals surface area contributed by atoms with Gasteiger partial charge in [-0.1, -0.05) is 25.5 Å². The Balaban J connectivity index is 3.64. The molecular weight excluding hydrogens is 172 g/mol. The fourth-order valence-electron chi connectivity index (χ4n) is 0.802. The number of carbonyl (C=O) groups is 1. The molecule has 0 bridgehead atoms. The third-order valence-electron chi connectivity index (χ3n) is 1.53. The van der Waals surface area contributed by atoms with Gasteiger partial charge in [-0.3, -0.25) is 4.79 Å². The maximum absolute atomic E-state index is 10.5.